The molecule has 2 aromatic carbocycles. The number of benzene rings is 2. The summed E-state index contributed by atoms with van der Waals surface area (Å²) in [5.74, 6) is 0.853. The van der Waals surface area contributed by atoms with Gasteiger partial charge in [0, 0.05) is 26.8 Å². The van der Waals surface area contributed by atoms with Crippen molar-refractivity contribution in [2.75, 3.05) is 13.2 Å². The Kier molecular flexibility index (Phi) is 8.97. The van der Waals surface area contributed by atoms with E-state index in [2.05, 4.69) is 0 Å². The molecule has 0 aliphatic carbocycles. The molecule has 3 rings (SSSR count). The zero-order chi connectivity index (χ0) is 20.3. The SMILES string of the molecule is O=c1c2ccccc2sc2cc(OCCCCCCCCCCCCO)ccc12. The van der Waals surface area contributed by atoms with Gasteiger partial charge in [-0.15, -0.1) is 11.3 Å². The molecular formula is C25H32O3S. The van der Waals surface area contributed by atoms with Gasteiger partial charge in [0.1, 0.15) is 5.75 Å². The van der Waals surface area contributed by atoms with E-state index >= 15 is 0 Å². The van der Waals surface area contributed by atoms with Crippen LogP contribution in [-0.4, -0.2) is 18.3 Å². The molecular weight excluding hydrogens is 380 g/mol. The number of unbranched alkanes of at least 4 members (excludes halogenated alkanes) is 9. The zero-order valence-electron chi connectivity index (χ0n) is 17.2. The maximum Gasteiger partial charge on any atom is 0.195 e. The van der Waals surface area contributed by atoms with Gasteiger partial charge in [0.25, 0.3) is 0 Å². The van der Waals surface area contributed by atoms with Crippen molar-refractivity contribution in [2.45, 2.75) is 64.2 Å². The average Bonchev–Trinajstić information content (AvgIpc) is 2.74. The number of fused-ring (bicyclic) bond motifs is 2. The highest BCUT2D eigenvalue weighted by Crippen LogP contribution is 2.27. The van der Waals surface area contributed by atoms with E-state index in [-0.39, 0.29) is 5.43 Å². The number of hydrogen-bond donors (Lipinski definition) is 1. The number of rotatable bonds is 13. The van der Waals surface area contributed by atoms with Crippen LogP contribution >= 0.6 is 11.3 Å². The summed E-state index contributed by atoms with van der Waals surface area (Å²) in [6.45, 7) is 1.06. The Morgan fingerprint density at radius 1 is 0.724 bits per heavy atom. The van der Waals surface area contributed by atoms with E-state index in [1.54, 1.807) is 11.3 Å². The van der Waals surface area contributed by atoms with Crippen molar-refractivity contribution in [1.82, 2.24) is 0 Å². The molecule has 0 saturated carbocycles. The molecule has 4 heteroatoms. The first-order valence-electron chi connectivity index (χ1n) is 11.0. The highest BCUT2D eigenvalue weighted by atomic mass is 32.1. The lowest BCUT2D eigenvalue weighted by atomic mass is 10.1. The summed E-state index contributed by atoms with van der Waals surface area (Å²) in [6, 6.07) is 13.6. The fourth-order valence-corrected chi connectivity index (χ4v) is 4.79. The Labute approximate surface area is 177 Å². The van der Waals surface area contributed by atoms with Gasteiger partial charge in [-0.2, -0.15) is 0 Å². The van der Waals surface area contributed by atoms with Gasteiger partial charge in [-0.1, -0.05) is 63.5 Å². The van der Waals surface area contributed by atoms with Crippen LogP contribution in [0, 0.1) is 0 Å². The van der Waals surface area contributed by atoms with Crippen LogP contribution in [0.1, 0.15) is 64.2 Å². The van der Waals surface area contributed by atoms with Gasteiger partial charge in [0.05, 0.1) is 6.61 Å². The van der Waals surface area contributed by atoms with Gasteiger partial charge in [0.2, 0.25) is 0 Å². The molecule has 3 nitrogen and oxygen atoms in total. The maximum absolute atomic E-state index is 12.6. The molecule has 0 radical (unpaired) electrons. The predicted molar refractivity (Wildman–Crippen MR) is 124 cm³/mol. The molecule has 29 heavy (non-hydrogen) atoms. The highest BCUT2D eigenvalue weighted by Gasteiger charge is 2.06. The van der Waals surface area contributed by atoms with Crippen molar-refractivity contribution in [3.05, 3.63) is 52.7 Å². The smallest absolute Gasteiger partial charge is 0.195 e. The van der Waals surface area contributed by atoms with E-state index in [1.165, 1.54) is 44.9 Å². The minimum absolute atomic E-state index is 0.106. The summed E-state index contributed by atoms with van der Waals surface area (Å²) >= 11 is 1.65. The minimum Gasteiger partial charge on any atom is -0.494 e. The summed E-state index contributed by atoms with van der Waals surface area (Å²) in [4.78, 5) is 12.6. The van der Waals surface area contributed by atoms with Crippen LogP contribution in [0.5, 0.6) is 5.75 Å². The van der Waals surface area contributed by atoms with Gasteiger partial charge < -0.3 is 9.84 Å². The molecule has 0 saturated heterocycles. The first-order valence-corrected chi connectivity index (χ1v) is 11.8. The maximum atomic E-state index is 12.6. The van der Waals surface area contributed by atoms with Crippen LogP contribution in [0.25, 0.3) is 20.2 Å². The quantitative estimate of drug-likeness (QED) is 0.251. The largest absolute Gasteiger partial charge is 0.494 e. The third-order valence-corrected chi connectivity index (χ3v) is 6.50. The molecule has 0 spiro atoms. The molecule has 156 valence electrons. The van der Waals surface area contributed by atoms with Crippen LogP contribution in [0.4, 0.5) is 0 Å². The van der Waals surface area contributed by atoms with Crippen molar-refractivity contribution < 1.29 is 9.84 Å². The van der Waals surface area contributed by atoms with E-state index in [0.717, 1.165) is 51.8 Å². The predicted octanol–water partition coefficient (Wildman–Crippen LogP) is 6.69. The summed E-state index contributed by atoms with van der Waals surface area (Å²) in [5.41, 5.74) is 0.106. The first-order chi connectivity index (χ1) is 14.3. The minimum atomic E-state index is 0.106. The second kappa shape index (κ2) is 11.9. The van der Waals surface area contributed by atoms with E-state index < -0.39 is 0 Å². The Morgan fingerprint density at radius 2 is 1.34 bits per heavy atom. The summed E-state index contributed by atoms with van der Waals surface area (Å²) in [6.07, 6.45) is 12.1. The number of ether oxygens (including phenoxy) is 1. The van der Waals surface area contributed by atoms with Gasteiger partial charge >= 0.3 is 0 Å². The number of aliphatic hydroxyl groups is 1. The molecule has 3 aromatic rings. The standard InChI is InChI=1S/C25H32O3S/c26-17-11-7-5-3-1-2-4-6-8-12-18-28-20-15-16-22-24(19-20)29-23-14-10-9-13-21(23)25(22)27/h9-10,13-16,19,26H,1-8,11-12,17-18H2. The van der Waals surface area contributed by atoms with Crippen LogP contribution in [0.15, 0.2) is 47.3 Å². The Bertz CT molecular complexity index is 948. The van der Waals surface area contributed by atoms with Gasteiger partial charge in [-0.3, -0.25) is 4.79 Å². The van der Waals surface area contributed by atoms with Crippen LogP contribution in [-0.2, 0) is 0 Å². The fraction of sp³-hybridized carbons (Fsp3) is 0.480. The third kappa shape index (κ3) is 6.55. The lowest BCUT2D eigenvalue weighted by molar-refractivity contribution is 0.282. The molecule has 1 aromatic heterocycles. The van der Waals surface area contributed by atoms with Crippen molar-refractivity contribution in [3.8, 4) is 5.75 Å². The van der Waals surface area contributed by atoms with Crippen molar-refractivity contribution >= 4 is 31.5 Å². The normalized spacial score (nSPS) is 11.3. The molecule has 0 fully saturated rings. The van der Waals surface area contributed by atoms with Crippen molar-refractivity contribution in [1.29, 1.82) is 0 Å². The molecule has 0 amide bonds. The van der Waals surface area contributed by atoms with Gasteiger partial charge in [-0.25, -0.2) is 0 Å². The fourth-order valence-electron chi connectivity index (χ4n) is 3.69. The summed E-state index contributed by atoms with van der Waals surface area (Å²) in [5, 5.41) is 10.3. The topological polar surface area (TPSA) is 46.5 Å². The Morgan fingerprint density at radius 3 is 2.07 bits per heavy atom. The average molecular weight is 413 g/mol. The molecule has 0 bridgehead atoms. The molecule has 1 N–H and O–H groups in total. The monoisotopic (exact) mass is 412 g/mol. The van der Waals surface area contributed by atoms with E-state index in [1.807, 2.05) is 42.5 Å². The van der Waals surface area contributed by atoms with Crippen LogP contribution in [0.3, 0.4) is 0 Å². The van der Waals surface area contributed by atoms with E-state index in [4.69, 9.17) is 9.84 Å². The van der Waals surface area contributed by atoms with Crippen molar-refractivity contribution in [3.63, 3.8) is 0 Å². The molecule has 0 unspecified atom stereocenters. The second-order valence-corrected chi connectivity index (χ2v) is 8.78. The molecule has 1 heterocycles. The lowest BCUT2D eigenvalue weighted by Gasteiger charge is -2.08. The molecule has 0 aliphatic rings. The van der Waals surface area contributed by atoms with Gasteiger partial charge in [0.15, 0.2) is 5.43 Å². The summed E-state index contributed by atoms with van der Waals surface area (Å²) < 4.78 is 7.95. The molecule has 0 aliphatic heterocycles. The van der Waals surface area contributed by atoms with E-state index in [0.29, 0.717) is 6.61 Å². The lowest BCUT2D eigenvalue weighted by Crippen LogP contribution is -2.01. The van der Waals surface area contributed by atoms with E-state index in [9.17, 15) is 4.79 Å². The zero-order valence-corrected chi connectivity index (χ0v) is 18.0. The van der Waals surface area contributed by atoms with Crippen LogP contribution in [0.2, 0.25) is 0 Å². The Balaban J connectivity index is 1.37. The summed E-state index contributed by atoms with van der Waals surface area (Å²) in [7, 11) is 0. The van der Waals surface area contributed by atoms with Crippen LogP contribution < -0.4 is 10.2 Å². The third-order valence-electron chi connectivity index (χ3n) is 5.37. The number of hydrogen-bond acceptors (Lipinski definition) is 4. The number of aliphatic hydroxyl groups excluding tert-OH is 1. The van der Waals surface area contributed by atoms with Crippen molar-refractivity contribution in [2.24, 2.45) is 0 Å². The highest BCUT2D eigenvalue weighted by molar-refractivity contribution is 7.24. The first kappa shape index (κ1) is 21.8. The Hall–Kier alpha value is -1.91. The van der Waals surface area contributed by atoms with Gasteiger partial charge in [-0.05, 0) is 43.2 Å². The second-order valence-electron chi connectivity index (χ2n) is 7.69. The molecule has 0 atom stereocenters.